The van der Waals surface area contributed by atoms with E-state index in [1.54, 1.807) is 31.4 Å². The van der Waals surface area contributed by atoms with Gasteiger partial charge in [0.25, 0.3) is 10.0 Å². The van der Waals surface area contributed by atoms with Crippen molar-refractivity contribution in [1.29, 1.82) is 0 Å². The Morgan fingerprint density at radius 2 is 1.67 bits per heavy atom. The molecular formula is C21H20N2O3S. The van der Waals surface area contributed by atoms with Gasteiger partial charge in [0, 0.05) is 29.0 Å². The first-order chi connectivity index (χ1) is 12.9. The minimum atomic E-state index is -3.77. The largest absolute Gasteiger partial charge is 0.495 e. The average molecular weight is 380 g/mol. The van der Waals surface area contributed by atoms with E-state index in [4.69, 9.17) is 4.74 Å². The number of nitrogens with one attached hydrogen (secondary N) is 1. The van der Waals surface area contributed by atoms with Gasteiger partial charge in [0.1, 0.15) is 5.75 Å². The van der Waals surface area contributed by atoms with Gasteiger partial charge in [0.05, 0.1) is 17.5 Å². The Morgan fingerprint density at radius 3 is 2.37 bits per heavy atom. The zero-order valence-corrected chi connectivity index (χ0v) is 16.2. The third-order valence-electron chi connectivity index (χ3n) is 4.79. The molecule has 0 unspecified atom stereocenters. The van der Waals surface area contributed by atoms with Crippen LogP contribution in [0.15, 0.2) is 65.6 Å². The lowest BCUT2D eigenvalue weighted by atomic mass is 10.1. The lowest BCUT2D eigenvalue weighted by molar-refractivity contribution is 0.418. The van der Waals surface area contributed by atoms with Crippen LogP contribution in [0.4, 0.5) is 5.69 Å². The molecular weight excluding hydrogens is 360 g/mol. The average Bonchev–Trinajstić information content (AvgIpc) is 2.96. The topological polar surface area (TPSA) is 60.3 Å². The highest BCUT2D eigenvalue weighted by molar-refractivity contribution is 7.93. The van der Waals surface area contributed by atoms with Crippen molar-refractivity contribution in [2.75, 3.05) is 11.8 Å². The SMILES string of the molecule is COc1ccc(S(=O)(=O)Nc2ccc(C)cc2)c2c3ccccc3n(C)c12. The van der Waals surface area contributed by atoms with E-state index in [2.05, 4.69) is 4.72 Å². The highest BCUT2D eigenvalue weighted by atomic mass is 32.2. The summed E-state index contributed by atoms with van der Waals surface area (Å²) in [4.78, 5) is 0.232. The monoisotopic (exact) mass is 380 g/mol. The van der Waals surface area contributed by atoms with E-state index < -0.39 is 10.0 Å². The molecule has 0 fully saturated rings. The standard InChI is InChI=1S/C21H20N2O3S/c1-14-8-10-15(11-9-14)22-27(24,25)19-13-12-18(26-3)21-20(19)16-6-4-5-7-17(16)23(21)2/h4-13,22H,1-3H3. The number of benzene rings is 3. The number of rotatable bonds is 4. The molecule has 1 aromatic heterocycles. The molecule has 1 N–H and O–H groups in total. The number of methoxy groups -OCH3 is 1. The van der Waals surface area contributed by atoms with E-state index in [9.17, 15) is 8.42 Å². The number of nitrogens with zero attached hydrogens (tertiary/aromatic N) is 1. The molecule has 0 bridgehead atoms. The van der Waals surface area contributed by atoms with Crippen LogP contribution >= 0.6 is 0 Å². The van der Waals surface area contributed by atoms with Crippen LogP contribution in [0.1, 0.15) is 5.56 Å². The third-order valence-corrected chi connectivity index (χ3v) is 6.21. The fourth-order valence-corrected chi connectivity index (χ4v) is 4.74. The highest BCUT2D eigenvalue weighted by Gasteiger charge is 2.24. The summed E-state index contributed by atoms with van der Waals surface area (Å²) in [6, 6.07) is 18.3. The van der Waals surface area contributed by atoms with Gasteiger partial charge in [-0.05, 0) is 37.3 Å². The van der Waals surface area contributed by atoms with E-state index in [0.717, 1.165) is 22.0 Å². The summed E-state index contributed by atoms with van der Waals surface area (Å²) in [5.74, 6) is 0.637. The number of hydrogen-bond donors (Lipinski definition) is 1. The molecule has 4 aromatic rings. The molecule has 1 heterocycles. The number of aryl methyl sites for hydroxylation is 2. The Hall–Kier alpha value is -2.99. The molecule has 6 heteroatoms. The zero-order chi connectivity index (χ0) is 19.2. The van der Waals surface area contributed by atoms with Crippen molar-refractivity contribution in [3.05, 3.63) is 66.2 Å². The zero-order valence-electron chi connectivity index (χ0n) is 15.4. The molecule has 0 spiro atoms. The second-order valence-electron chi connectivity index (χ2n) is 6.54. The van der Waals surface area contributed by atoms with Crippen LogP contribution < -0.4 is 9.46 Å². The normalized spacial score (nSPS) is 11.8. The number of aromatic nitrogens is 1. The second kappa shape index (κ2) is 6.32. The fourth-order valence-electron chi connectivity index (χ4n) is 3.47. The summed E-state index contributed by atoms with van der Waals surface area (Å²) in [5, 5.41) is 1.53. The molecule has 0 saturated heterocycles. The summed E-state index contributed by atoms with van der Waals surface area (Å²) < 4.78 is 36.5. The molecule has 0 radical (unpaired) electrons. The maximum Gasteiger partial charge on any atom is 0.262 e. The smallest absolute Gasteiger partial charge is 0.262 e. The number of ether oxygens (including phenoxy) is 1. The van der Waals surface area contributed by atoms with Gasteiger partial charge in [-0.3, -0.25) is 4.72 Å². The van der Waals surface area contributed by atoms with Crippen molar-refractivity contribution < 1.29 is 13.2 Å². The molecule has 0 aliphatic rings. The number of para-hydroxylation sites is 1. The summed E-state index contributed by atoms with van der Waals surface area (Å²) in [6.45, 7) is 1.96. The Balaban J connectivity index is 1.99. The van der Waals surface area contributed by atoms with Crippen molar-refractivity contribution in [1.82, 2.24) is 4.57 Å². The quantitative estimate of drug-likeness (QED) is 0.569. The van der Waals surface area contributed by atoms with Gasteiger partial charge >= 0.3 is 0 Å². The predicted molar refractivity (Wildman–Crippen MR) is 109 cm³/mol. The van der Waals surface area contributed by atoms with E-state index in [1.807, 2.05) is 54.9 Å². The number of fused-ring (bicyclic) bond motifs is 3. The molecule has 27 heavy (non-hydrogen) atoms. The number of hydrogen-bond acceptors (Lipinski definition) is 3. The number of anilines is 1. The van der Waals surface area contributed by atoms with Gasteiger partial charge in [-0.25, -0.2) is 8.42 Å². The first-order valence-corrected chi connectivity index (χ1v) is 10.0. The van der Waals surface area contributed by atoms with E-state index in [-0.39, 0.29) is 4.90 Å². The van der Waals surface area contributed by atoms with Gasteiger partial charge in [0.2, 0.25) is 0 Å². The van der Waals surface area contributed by atoms with Crippen molar-refractivity contribution in [3.8, 4) is 5.75 Å². The van der Waals surface area contributed by atoms with Gasteiger partial charge in [-0.1, -0.05) is 35.9 Å². The van der Waals surface area contributed by atoms with Gasteiger partial charge < -0.3 is 9.30 Å². The summed E-state index contributed by atoms with van der Waals surface area (Å²) in [7, 11) is -0.273. The lowest BCUT2D eigenvalue weighted by Gasteiger charge is -2.12. The molecule has 0 aliphatic heterocycles. The molecule has 0 amide bonds. The maximum absolute atomic E-state index is 13.2. The first-order valence-electron chi connectivity index (χ1n) is 8.56. The van der Waals surface area contributed by atoms with Crippen LogP contribution in [0.25, 0.3) is 21.8 Å². The van der Waals surface area contributed by atoms with Crippen LogP contribution in [0.3, 0.4) is 0 Å². The summed E-state index contributed by atoms with van der Waals surface area (Å²) >= 11 is 0. The first kappa shape index (κ1) is 17.4. The summed E-state index contributed by atoms with van der Waals surface area (Å²) in [5.41, 5.74) is 3.30. The Kier molecular flexibility index (Phi) is 4.08. The van der Waals surface area contributed by atoms with Gasteiger partial charge in [-0.15, -0.1) is 0 Å². The second-order valence-corrected chi connectivity index (χ2v) is 8.19. The maximum atomic E-state index is 13.2. The predicted octanol–water partition coefficient (Wildman–Crippen LogP) is 4.45. The van der Waals surface area contributed by atoms with Crippen molar-refractivity contribution >= 4 is 37.5 Å². The molecule has 0 atom stereocenters. The number of sulfonamides is 1. The van der Waals surface area contributed by atoms with Crippen LogP contribution in [0, 0.1) is 6.92 Å². The van der Waals surface area contributed by atoms with Gasteiger partial charge in [0.15, 0.2) is 0 Å². The molecule has 138 valence electrons. The van der Waals surface area contributed by atoms with Crippen molar-refractivity contribution in [2.45, 2.75) is 11.8 Å². The van der Waals surface area contributed by atoms with Gasteiger partial charge in [-0.2, -0.15) is 0 Å². The Labute approximate surface area is 158 Å². The van der Waals surface area contributed by atoms with Crippen molar-refractivity contribution in [2.24, 2.45) is 7.05 Å². The molecule has 4 rings (SSSR count). The molecule has 0 saturated carbocycles. The Bertz CT molecular complexity index is 1260. The van der Waals surface area contributed by atoms with E-state index in [1.165, 1.54) is 0 Å². The van der Waals surface area contributed by atoms with E-state index in [0.29, 0.717) is 16.8 Å². The fraction of sp³-hybridized carbons (Fsp3) is 0.143. The highest BCUT2D eigenvalue weighted by Crippen LogP contribution is 2.38. The molecule has 3 aromatic carbocycles. The van der Waals surface area contributed by atoms with Crippen LogP contribution in [0.5, 0.6) is 5.75 Å². The molecule has 0 aliphatic carbocycles. The van der Waals surface area contributed by atoms with Crippen molar-refractivity contribution in [3.63, 3.8) is 0 Å². The summed E-state index contributed by atoms with van der Waals surface area (Å²) in [6.07, 6.45) is 0. The minimum absolute atomic E-state index is 0.232. The van der Waals surface area contributed by atoms with Crippen LogP contribution in [0.2, 0.25) is 0 Å². The van der Waals surface area contributed by atoms with E-state index >= 15 is 0 Å². The Morgan fingerprint density at radius 1 is 0.963 bits per heavy atom. The van der Waals surface area contributed by atoms with Crippen LogP contribution in [-0.4, -0.2) is 20.1 Å². The van der Waals surface area contributed by atoms with Crippen LogP contribution in [-0.2, 0) is 17.1 Å². The third kappa shape index (κ3) is 2.82. The minimum Gasteiger partial charge on any atom is -0.495 e. The molecule has 5 nitrogen and oxygen atoms in total. The lowest BCUT2D eigenvalue weighted by Crippen LogP contribution is -2.13.